The van der Waals surface area contributed by atoms with E-state index in [0.29, 0.717) is 11.0 Å². The lowest BCUT2D eigenvalue weighted by atomic mass is 10.1. The average molecular weight is 160 g/mol. The molecule has 0 saturated heterocycles. The van der Waals surface area contributed by atoms with Gasteiger partial charge in [-0.25, -0.2) is 0 Å². The molecule has 0 radical (unpaired) electrons. The molecule has 0 saturated carbocycles. The molecule has 0 N–H and O–H groups in total. The summed E-state index contributed by atoms with van der Waals surface area (Å²) in [6, 6.07) is 0. The molecular formula is C8H16OS. The second kappa shape index (κ2) is 5.78. The maximum atomic E-state index is 11.0. The molecule has 0 rings (SSSR count). The summed E-state index contributed by atoms with van der Waals surface area (Å²) in [4.78, 5) is 11.0. The van der Waals surface area contributed by atoms with Crippen LogP contribution >= 0.6 is 11.8 Å². The van der Waals surface area contributed by atoms with E-state index in [0.717, 1.165) is 18.6 Å². The van der Waals surface area contributed by atoms with Crippen molar-refractivity contribution < 1.29 is 4.79 Å². The monoisotopic (exact) mass is 160 g/mol. The first kappa shape index (κ1) is 10.0. The third kappa shape index (κ3) is 4.86. The van der Waals surface area contributed by atoms with E-state index in [1.54, 1.807) is 0 Å². The zero-order valence-corrected chi connectivity index (χ0v) is 7.83. The topological polar surface area (TPSA) is 17.1 Å². The Labute approximate surface area is 67.6 Å². The van der Waals surface area contributed by atoms with E-state index in [4.69, 9.17) is 0 Å². The number of hydrogen-bond donors (Lipinski definition) is 0. The lowest BCUT2D eigenvalue weighted by Gasteiger charge is -2.04. The predicted molar refractivity (Wildman–Crippen MR) is 47.2 cm³/mol. The van der Waals surface area contributed by atoms with Crippen molar-refractivity contribution in [3.8, 4) is 0 Å². The Morgan fingerprint density at radius 2 is 2.10 bits per heavy atom. The summed E-state index contributed by atoms with van der Waals surface area (Å²) in [6.45, 7) is 6.25. The van der Waals surface area contributed by atoms with Gasteiger partial charge in [0.05, 0.1) is 0 Å². The highest BCUT2D eigenvalue weighted by molar-refractivity contribution is 8.13. The molecule has 1 atom stereocenters. The molecule has 1 unspecified atom stereocenters. The molecule has 0 aliphatic rings. The van der Waals surface area contributed by atoms with Gasteiger partial charge in [0, 0.05) is 6.42 Å². The highest BCUT2D eigenvalue weighted by Gasteiger charge is 2.05. The van der Waals surface area contributed by atoms with Crippen LogP contribution < -0.4 is 0 Å². The highest BCUT2D eigenvalue weighted by Crippen LogP contribution is 2.13. The molecule has 0 amide bonds. The van der Waals surface area contributed by atoms with Crippen molar-refractivity contribution in [1.82, 2.24) is 0 Å². The van der Waals surface area contributed by atoms with Crippen LogP contribution in [0.3, 0.4) is 0 Å². The van der Waals surface area contributed by atoms with E-state index >= 15 is 0 Å². The van der Waals surface area contributed by atoms with Crippen molar-refractivity contribution in [2.45, 2.75) is 33.6 Å². The summed E-state index contributed by atoms with van der Waals surface area (Å²) >= 11 is 1.44. The van der Waals surface area contributed by atoms with Crippen LogP contribution in [0.1, 0.15) is 33.6 Å². The van der Waals surface area contributed by atoms with E-state index in [1.165, 1.54) is 11.8 Å². The van der Waals surface area contributed by atoms with Gasteiger partial charge in [-0.1, -0.05) is 39.0 Å². The van der Waals surface area contributed by atoms with Gasteiger partial charge in [-0.15, -0.1) is 0 Å². The molecule has 10 heavy (non-hydrogen) atoms. The van der Waals surface area contributed by atoms with Crippen LogP contribution in [-0.2, 0) is 4.79 Å². The normalized spacial score (nSPS) is 13.1. The van der Waals surface area contributed by atoms with Gasteiger partial charge in [0.25, 0.3) is 0 Å². The number of carbonyl (C=O) groups excluding carboxylic acids is 1. The molecule has 2 heteroatoms. The van der Waals surface area contributed by atoms with Gasteiger partial charge in [-0.3, -0.25) is 4.79 Å². The van der Waals surface area contributed by atoms with Gasteiger partial charge in [0.2, 0.25) is 0 Å². The SMILES string of the molecule is CCSC(=O)CC(C)CC. The molecule has 0 fully saturated rings. The Hall–Kier alpha value is 0.0200. The third-order valence-electron chi connectivity index (χ3n) is 1.52. The molecule has 0 aromatic carbocycles. The molecule has 0 heterocycles. The number of hydrogen-bond acceptors (Lipinski definition) is 2. The molecule has 0 spiro atoms. The Bertz CT molecular complexity index is 101. The molecule has 0 aliphatic carbocycles. The van der Waals surface area contributed by atoms with E-state index < -0.39 is 0 Å². The first-order chi connectivity index (χ1) is 4.70. The Morgan fingerprint density at radius 1 is 1.50 bits per heavy atom. The maximum Gasteiger partial charge on any atom is 0.189 e. The second-order valence-electron chi connectivity index (χ2n) is 2.52. The van der Waals surface area contributed by atoms with Crippen LogP contribution in [-0.4, -0.2) is 10.9 Å². The fourth-order valence-electron chi connectivity index (χ4n) is 0.649. The van der Waals surface area contributed by atoms with Gasteiger partial charge in [0.1, 0.15) is 0 Å². The van der Waals surface area contributed by atoms with E-state index in [-0.39, 0.29) is 0 Å². The predicted octanol–water partition coefficient (Wildman–Crippen LogP) is 2.70. The minimum atomic E-state index is 0.344. The standard InChI is InChI=1S/C8H16OS/c1-4-7(3)6-8(9)10-5-2/h7H,4-6H2,1-3H3. The van der Waals surface area contributed by atoms with Gasteiger partial charge >= 0.3 is 0 Å². The lowest BCUT2D eigenvalue weighted by molar-refractivity contribution is -0.111. The zero-order chi connectivity index (χ0) is 7.98. The van der Waals surface area contributed by atoms with Crippen molar-refractivity contribution >= 4 is 16.9 Å². The molecular weight excluding hydrogens is 144 g/mol. The van der Waals surface area contributed by atoms with E-state index in [1.807, 2.05) is 6.92 Å². The molecule has 60 valence electrons. The summed E-state index contributed by atoms with van der Waals surface area (Å²) < 4.78 is 0. The van der Waals surface area contributed by atoms with Crippen molar-refractivity contribution in [2.75, 3.05) is 5.75 Å². The van der Waals surface area contributed by atoms with Gasteiger partial charge in [0.15, 0.2) is 5.12 Å². The molecule has 0 aliphatic heterocycles. The summed E-state index contributed by atoms with van der Waals surface area (Å²) in [6.07, 6.45) is 1.85. The fraction of sp³-hybridized carbons (Fsp3) is 0.875. The van der Waals surface area contributed by atoms with Gasteiger partial charge < -0.3 is 0 Å². The van der Waals surface area contributed by atoms with Gasteiger partial charge in [-0.05, 0) is 11.7 Å². The summed E-state index contributed by atoms with van der Waals surface area (Å²) in [5, 5.41) is 0.344. The highest BCUT2D eigenvalue weighted by atomic mass is 32.2. The molecule has 0 aromatic rings. The largest absolute Gasteiger partial charge is 0.287 e. The summed E-state index contributed by atoms with van der Waals surface area (Å²) in [5.41, 5.74) is 0. The van der Waals surface area contributed by atoms with E-state index in [2.05, 4.69) is 13.8 Å². The maximum absolute atomic E-state index is 11.0. The number of carbonyl (C=O) groups is 1. The Kier molecular flexibility index (Phi) is 5.79. The molecule has 0 bridgehead atoms. The Morgan fingerprint density at radius 3 is 2.50 bits per heavy atom. The zero-order valence-electron chi connectivity index (χ0n) is 7.02. The first-order valence-electron chi connectivity index (χ1n) is 3.86. The number of rotatable bonds is 4. The molecule has 0 aromatic heterocycles. The van der Waals surface area contributed by atoms with Crippen LogP contribution in [0.4, 0.5) is 0 Å². The lowest BCUT2D eigenvalue weighted by Crippen LogP contribution is -2.00. The van der Waals surface area contributed by atoms with Crippen molar-refractivity contribution in [3.63, 3.8) is 0 Å². The van der Waals surface area contributed by atoms with Crippen molar-refractivity contribution in [1.29, 1.82) is 0 Å². The van der Waals surface area contributed by atoms with Crippen LogP contribution in [0, 0.1) is 5.92 Å². The average Bonchev–Trinajstić information content (AvgIpc) is 1.88. The van der Waals surface area contributed by atoms with Crippen LogP contribution in [0.15, 0.2) is 0 Å². The first-order valence-corrected chi connectivity index (χ1v) is 4.84. The molecule has 1 nitrogen and oxygen atoms in total. The Balaban J connectivity index is 3.37. The third-order valence-corrected chi connectivity index (χ3v) is 2.29. The van der Waals surface area contributed by atoms with Crippen LogP contribution in [0.5, 0.6) is 0 Å². The number of thioether (sulfide) groups is 1. The van der Waals surface area contributed by atoms with Gasteiger partial charge in [-0.2, -0.15) is 0 Å². The second-order valence-corrected chi connectivity index (χ2v) is 3.84. The summed E-state index contributed by atoms with van der Waals surface area (Å²) in [7, 11) is 0. The quantitative estimate of drug-likeness (QED) is 0.629. The fourth-order valence-corrected chi connectivity index (χ4v) is 1.37. The van der Waals surface area contributed by atoms with Crippen molar-refractivity contribution in [3.05, 3.63) is 0 Å². The smallest absolute Gasteiger partial charge is 0.189 e. The van der Waals surface area contributed by atoms with Crippen LogP contribution in [0.25, 0.3) is 0 Å². The summed E-state index contributed by atoms with van der Waals surface area (Å²) in [5.74, 6) is 1.47. The minimum absolute atomic E-state index is 0.344. The van der Waals surface area contributed by atoms with Crippen molar-refractivity contribution in [2.24, 2.45) is 5.92 Å². The van der Waals surface area contributed by atoms with Crippen LogP contribution in [0.2, 0.25) is 0 Å². The minimum Gasteiger partial charge on any atom is -0.287 e. The van der Waals surface area contributed by atoms with E-state index in [9.17, 15) is 4.79 Å².